The lowest BCUT2D eigenvalue weighted by Gasteiger charge is -2.43. The minimum absolute atomic E-state index is 0. The molecule has 2 nitrogen and oxygen atoms in total. The van der Waals surface area contributed by atoms with Gasteiger partial charge in [-0.25, -0.2) is 0 Å². The minimum Gasteiger partial charge on any atom is -0.870 e. The van der Waals surface area contributed by atoms with Crippen molar-refractivity contribution in [3.05, 3.63) is 0 Å². The first kappa shape index (κ1) is 11.9. The van der Waals surface area contributed by atoms with Crippen molar-refractivity contribution in [3.63, 3.8) is 0 Å². The zero-order valence-corrected chi connectivity index (χ0v) is 8.88. The summed E-state index contributed by atoms with van der Waals surface area (Å²) in [4.78, 5) is 0. The molecule has 0 spiro atoms. The molecule has 0 amide bonds. The minimum atomic E-state index is 0. The van der Waals surface area contributed by atoms with Crippen molar-refractivity contribution < 1.29 is 9.96 Å². The Morgan fingerprint density at radius 2 is 1.75 bits per heavy atom. The van der Waals surface area contributed by atoms with E-state index in [1.54, 1.807) is 0 Å². The van der Waals surface area contributed by atoms with Crippen LogP contribution >= 0.6 is 0 Å². The van der Waals surface area contributed by atoms with Crippen LogP contribution in [0.4, 0.5) is 0 Å². The van der Waals surface area contributed by atoms with Gasteiger partial charge in [-0.15, -0.1) is 0 Å². The van der Waals surface area contributed by atoms with E-state index in [-0.39, 0.29) is 5.48 Å². The third-order valence-electron chi connectivity index (χ3n) is 3.15. The molecule has 0 aliphatic carbocycles. The molecule has 1 aliphatic heterocycles. The van der Waals surface area contributed by atoms with Crippen LogP contribution in [0.5, 0.6) is 0 Å². The summed E-state index contributed by atoms with van der Waals surface area (Å²) < 4.78 is 1.25. The van der Waals surface area contributed by atoms with Gasteiger partial charge in [0.15, 0.2) is 0 Å². The topological polar surface area (TPSA) is 30.0 Å². The molecule has 0 aromatic rings. The van der Waals surface area contributed by atoms with Gasteiger partial charge in [-0.1, -0.05) is 13.8 Å². The van der Waals surface area contributed by atoms with E-state index in [1.807, 2.05) is 0 Å². The molecule has 0 aromatic carbocycles. The van der Waals surface area contributed by atoms with Crippen LogP contribution in [0.15, 0.2) is 0 Å². The zero-order valence-electron chi connectivity index (χ0n) is 8.88. The Morgan fingerprint density at radius 1 is 1.17 bits per heavy atom. The molecule has 0 aromatic heterocycles. The van der Waals surface area contributed by atoms with Crippen LogP contribution in [0.3, 0.4) is 0 Å². The molecule has 2 heteroatoms. The van der Waals surface area contributed by atoms with E-state index < -0.39 is 0 Å². The smallest absolute Gasteiger partial charge is 0.0909 e. The normalized spacial score (nSPS) is 28.2. The predicted molar refractivity (Wildman–Crippen MR) is 51.4 cm³/mol. The second-order valence-electron chi connectivity index (χ2n) is 4.81. The first-order valence-electron chi connectivity index (χ1n) is 4.87. The number of hydrogen-bond donors (Lipinski definition) is 0. The highest BCUT2D eigenvalue weighted by Gasteiger charge is 2.33. The molecule has 1 fully saturated rings. The monoisotopic (exact) mass is 173 g/mol. The summed E-state index contributed by atoms with van der Waals surface area (Å²) in [6.07, 6.45) is 4.31. The maximum absolute atomic E-state index is 2.38. The molecule has 0 radical (unpaired) electrons. The standard InChI is InChI=1S/C10H22N.H2O/c1-9(2)10-7-5-6-8-11(10,3)4;/h9-10H,5-8H2,1-4H3;1H2/q+1;/p-1. The molecule has 0 saturated carbocycles. The summed E-state index contributed by atoms with van der Waals surface area (Å²) in [6, 6.07) is 0.906. The summed E-state index contributed by atoms with van der Waals surface area (Å²) in [6.45, 7) is 6.09. The highest BCUT2D eigenvalue weighted by atomic mass is 16.0. The molecule has 74 valence electrons. The van der Waals surface area contributed by atoms with E-state index in [4.69, 9.17) is 0 Å². The van der Waals surface area contributed by atoms with Crippen LogP contribution in [0.25, 0.3) is 0 Å². The second-order valence-corrected chi connectivity index (χ2v) is 4.81. The van der Waals surface area contributed by atoms with Crippen LogP contribution in [0.1, 0.15) is 33.1 Å². The van der Waals surface area contributed by atoms with Crippen molar-refractivity contribution >= 4 is 0 Å². The Bertz CT molecular complexity index is 132. The first-order chi connectivity index (χ1) is 5.04. The molecule has 1 heterocycles. The summed E-state index contributed by atoms with van der Waals surface area (Å²) in [5.41, 5.74) is 0. The summed E-state index contributed by atoms with van der Waals surface area (Å²) in [5.74, 6) is 0.852. The van der Waals surface area contributed by atoms with Gasteiger partial charge < -0.3 is 9.96 Å². The average molecular weight is 173 g/mol. The van der Waals surface area contributed by atoms with Gasteiger partial charge in [0.1, 0.15) is 0 Å². The third kappa shape index (κ3) is 2.46. The third-order valence-corrected chi connectivity index (χ3v) is 3.15. The second kappa shape index (κ2) is 4.24. The average Bonchev–Trinajstić information content (AvgIpc) is 1.85. The van der Waals surface area contributed by atoms with Crippen molar-refractivity contribution in [2.24, 2.45) is 5.92 Å². The van der Waals surface area contributed by atoms with Crippen LogP contribution in [0, 0.1) is 5.92 Å². The Hall–Kier alpha value is -0.0800. The highest BCUT2D eigenvalue weighted by molar-refractivity contribution is 4.67. The van der Waals surface area contributed by atoms with E-state index >= 15 is 0 Å². The van der Waals surface area contributed by atoms with Gasteiger partial charge in [0.05, 0.1) is 26.7 Å². The number of quaternary nitrogens is 1. The number of hydrogen-bond acceptors (Lipinski definition) is 1. The molecule has 12 heavy (non-hydrogen) atoms. The number of nitrogens with zero attached hydrogens (tertiary/aromatic N) is 1. The molecular formula is C10H23NO. The fraction of sp³-hybridized carbons (Fsp3) is 1.00. The molecule has 1 saturated heterocycles. The molecular weight excluding hydrogens is 150 g/mol. The number of piperidine rings is 1. The van der Waals surface area contributed by atoms with Crippen molar-refractivity contribution in [2.75, 3.05) is 20.6 Å². The van der Waals surface area contributed by atoms with Crippen molar-refractivity contribution in [3.8, 4) is 0 Å². The SMILES string of the molecule is CC(C)C1CCCC[N+]1(C)C.[OH-]. The summed E-state index contributed by atoms with van der Waals surface area (Å²) >= 11 is 0. The quantitative estimate of drug-likeness (QED) is 0.558. The largest absolute Gasteiger partial charge is 0.870 e. The van der Waals surface area contributed by atoms with Crippen molar-refractivity contribution in [1.82, 2.24) is 0 Å². The molecule has 0 bridgehead atoms. The zero-order chi connectivity index (χ0) is 8.48. The van der Waals surface area contributed by atoms with Gasteiger partial charge in [0.2, 0.25) is 0 Å². The van der Waals surface area contributed by atoms with E-state index in [9.17, 15) is 0 Å². The Labute approximate surface area is 76.5 Å². The molecule has 1 N–H and O–H groups in total. The lowest BCUT2D eigenvalue weighted by molar-refractivity contribution is -0.923. The summed E-state index contributed by atoms with van der Waals surface area (Å²) in [7, 11) is 4.76. The predicted octanol–water partition coefficient (Wildman–Crippen LogP) is 2.09. The first-order valence-corrected chi connectivity index (χ1v) is 4.87. The molecule has 1 rings (SSSR count). The van der Waals surface area contributed by atoms with Crippen LogP contribution in [-0.2, 0) is 0 Å². The molecule has 1 unspecified atom stereocenters. The van der Waals surface area contributed by atoms with Crippen LogP contribution in [0.2, 0.25) is 0 Å². The maximum atomic E-state index is 2.38. The van der Waals surface area contributed by atoms with Crippen LogP contribution < -0.4 is 0 Å². The van der Waals surface area contributed by atoms with Gasteiger partial charge in [-0.2, -0.15) is 0 Å². The van der Waals surface area contributed by atoms with Gasteiger partial charge in [-0.3, -0.25) is 0 Å². The van der Waals surface area contributed by atoms with Crippen LogP contribution in [-0.4, -0.2) is 36.6 Å². The van der Waals surface area contributed by atoms with E-state index in [0.717, 1.165) is 12.0 Å². The lowest BCUT2D eigenvalue weighted by atomic mass is 9.91. The Balaban J connectivity index is 0.00000121. The Kier molecular flexibility index (Phi) is 4.21. The van der Waals surface area contributed by atoms with Gasteiger partial charge in [-0.05, 0) is 19.3 Å². The van der Waals surface area contributed by atoms with Gasteiger partial charge in [0, 0.05) is 5.92 Å². The van der Waals surface area contributed by atoms with Gasteiger partial charge >= 0.3 is 0 Å². The fourth-order valence-corrected chi connectivity index (χ4v) is 2.53. The lowest BCUT2D eigenvalue weighted by Crippen LogP contribution is -2.54. The Morgan fingerprint density at radius 3 is 2.08 bits per heavy atom. The van der Waals surface area contributed by atoms with E-state index in [0.29, 0.717) is 0 Å². The van der Waals surface area contributed by atoms with Crippen molar-refractivity contribution in [2.45, 2.75) is 39.2 Å². The van der Waals surface area contributed by atoms with E-state index in [1.165, 1.54) is 30.3 Å². The molecule has 1 atom stereocenters. The molecule has 1 aliphatic rings. The van der Waals surface area contributed by atoms with E-state index in [2.05, 4.69) is 27.9 Å². The highest BCUT2D eigenvalue weighted by Crippen LogP contribution is 2.26. The maximum Gasteiger partial charge on any atom is 0.0909 e. The van der Waals surface area contributed by atoms with Crippen molar-refractivity contribution in [1.29, 1.82) is 0 Å². The fourth-order valence-electron chi connectivity index (χ4n) is 2.53. The number of likely N-dealkylation sites (tertiary alicyclic amines) is 1. The number of rotatable bonds is 1. The van der Waals surface area contributed by atoms with Gasteiger partial charge in [0.25, 0.3) is 0 Å². The summed E-state index contributed by atoms with van der Waals surface area (Å²) in [5, 5.41) is 0.